The first-order chi connectivity index (χ1) is 13.8. The van der Waals surface area contributed by atoms with Crippen molar-refractivity contribution >= 4 is 11.9 Å². The van der Waals surface area contributed by atoms with E-state index in [0.29, 0.717) is 13.2 Å². The Labute approximate surface area is 172 Å². The van der Waals surface area contributed by atoms with Crippen molar-refractivity contribution < 1.29 is 19.4 Å². The van der Waals surface area contributed by atoms with Crippen molar-refractivity contribution in [2.24, 2.45) is 5.41 Å². The van der Waals surface area contributed by atoms with Crippen LogP contribution in [0.15, 0.2) is 54.6 Å². The molecule has 1 heterocycles. The molecule has 154 valence electrons. The van der Waals surface area contributed by atoms with E-state index >= 15 is 0 Å². The zero-order valence-electron chi connectivity index (χ0n) is 17.1. The number of aromatic carboxylic acids is 1. The van der Waals surface area contributed by atoms with Crippen LogP contribution in [0, 0.1) is 5.41 Å². The van der Waals surface area contributed by atoms with Gasteiger partial charge in [-0.25, -0.2) is 0 Å². The minimum absolute atomic E-state index is 0.0181. The van der Waals surface area contributed by atoms with Crippen LogP contribution in [0.4, 0.5) is 0 Å². The minimum Gasteiger partial charge on any atom is -0.545 e. The van der Waals surface area contributed by atoms with Crippen LogP contribution in [0.5, 0.6) is 0 Å². The lowest BCUT2D eigenvalue weighted by atomic mass is 9.68. The maximum atomic E-state index is 12.6. The molecule has 0 saturated carbocycles. The lowest BCUT2D eigenvalue weighted by molar-refractivity contribution is -0.255. The highest BCUT2D eigenvalue weighted by Gasteiger charge is 2.40. The number of hydrogen-bond donors (Lipinski definition) is 1. The second kappa shape index (κ2) is 8.78. The number of hydrogen-bond acceptors (Lipinski definition) is 4. The second-order valence-corrected chi connectivity index (χ2v) is 8.54. The van der Waals surface area contributed by atoms with Gasteiger partial charge in [-0.05, 0) is 56.6 Å². The van der Waals surface area contributed by atoms with Crippen LogP contribution >= 0.6 is 0 Å². The molecule has 2 aromatic carbocycles. The molecule has 0 radical (unpaired) electrons. The molecule has 5 heteroatoms. The number of amides is 1. The molecule has 1 aliphatic rings. The standard InChI is InChI=1S/C24H29NO4/c1-23(2)17-24(13-15-29-23,16-18-8-4-3-5-9-18)12-14-25-21(26)19-10-6-7-11-20(19)22(27)28/h3-11H,12-17H2,1-2H3,(H,25,26)(H,27,28)/p-1/t24-/m0/s1. The molecule has 0 bridgehead atoms. The molecule has 1 saturated heterocycles. The molecule has 0 spiro atoms. The predicted octanol–water partition coefficient (Wildman–Crippen LogP) is 2.99. The summed E-state index contributed by atoms with van der Waals surface area (Å²) in [4.78, 5) is 23.8. The highest BCUT2D eigenvalue weighted by Crippen LogP contribution is 2.43. The summed E-state index contributed by atoms with van der Waals surface area (Å²) < 4.78 is 5.94. The Morgan fingerprint density at radius 3 is 2.34 bits per heavy atom. The molecule has 29 heavy (non-hydrogen) atoms. The summed E-state index contributed by atoms with van der Waals surface area (Å²) in [6.45, 7) is 5.39. The fourth-order valence-electron chi connectivity index (χ4n) is 4.46. The van der Waals surface area contributed by atoms with Crippen molar-refractivity contribution in [2.75, 3.05) is 13.2 Å². The van der Waals surface area contributed by atoms with Crippen molar-refractivity contribution in [3.05, 3.63) is 71.3 Å². The molecule has 5 nitrogen and oxygen atoms in total. The fourth-order valence-corrected chi connectivity index (χ4v) is 4.46. The third-order valence-electron chi connectivity index (χ3n) is 5.68. The number of rotatable bonds is 7. The van der Waals surface area contributed by atoms with Crippen molar-refractivity contribution in [3.63, 3.8) is 0 Å². The summed E-state index contributed by atoms with van der Waals surface area (Å²) >= 11 is 0. The number of carbonyl (C=O) groups is 2. The zero-order valence-corrected chi connectivity index (χ0v) is 17.1. The maximum absolute atomic E-state index is 12.6. The van der Waals surface area contributed by atoms with Gasteiger partial charge >= 0.3 is 0 Å². The van der Waals surface area contributed by atoms with E-state index in [9.17, 15) is 14.7 Å². The van der Waals surface area contributed by atoms with Gasteiger partial charge in [0.15, 0.2) is 0 Å². The van der Waals surface area contributed by atoms with E-state index in [-0.39, 0.29) is 28.1 Å². The van der Waals surface area contributed by atoms with Crippen molar-refractivity contribution in [3.8, 4) is 0 Å². The molecule has 1 aliphatic heterocycles. The summed E-state index contributed by atoms with van der Waals surface area (Å²) in [6.07, 6.45) is 3.55. The van der Waals surface area contributed by atoms with E-state index in [2.05, 4.69) is 31.3 Å². The monoisotopic (exact) mass is 394 g/mol. The molecule has 1 atom stereocenters. The van der Waals surface area contributed by atoms with E-state index < -0.39 is 5.97 Å². The van der Waals surface area contributed by atoms with E-state index in [1.807, 2.05) is 18.2 Å². The van der Waals surface area contributed by atoms with Crippen molar-refractivity contribution in [1.82, 2.24) is 5.32 Å². The fraction of sp³-hybridized carbons (Fsp3) is 0.417. The van der Waals surface area contributed by atoms with Gasteiger partial charge in [0.1, 0.15) is 0 Å². The number of ether oxygens (including phenoxy) is 1. The summed E-state index contributed by atoms with van der Waals surface area (Å²) in [7, 11) is 0. The molecule has 0 aliphatic carbocycles. The van der Waals surface area contributed by atoms with Crippen LogP contribution in [0.1, 0.15) is 59.4 Å². The highest BCUT2D eigenvalue weighted by molar-refractivity contribution is 6.04. The predicted molar refractivity (Wildman–Crippen MR) is 110 cm³/mol. The lowest BCUT2D eigenvalue weighted by Crippen LogP contribution is -2.44. The quantitative estimate of drug-likeness (QED) is 0.783. The van der Waals surface area contributed by atoms with Gasteiger partial charge in [0.2, 0.25) is 0 Å². The first-order valence-electron chi connectivity index (χ1n) is 10.1. The number of nitrogens with one attached hydrogen (secondary N) is 1. The number of carboxylic acids is 1. The first-order valence-corrected chi connectivity index (χ1v) is 10.1. The molecule has 1 amide bonds. The Morgan fingerprint density at radius 2 is 1.69 bits per heavy atom. The summed E-state index contributed by atoms with van der Waals surface area (Å²) in [5.41, 5.74) is 1.13. The average Bonchev–Trinajstić information content (AvgIpc) is 2.67. The average molecular weight is 394 g/mol. The third-order valence-corrected chi connectivity index (χ3v) is 5.68. The Bertz CT molecular complexity index is 862. The molecule has 2 aromatic rings. The van der Waals surface area contributed by atoms with Crippen LogP contribution in [-0.4, -0.2) is 30.6 Å². The van der Waals surface area contributed by atoms with Crippen molar-refractivity contribution in [2.45, 2.75) is 45.1 Å². The van der Waals surface area contributed by atoms with E-state index in [1.165, 1.54) is 17.7 Å². The third kappa shape index (κ3) is 5.45. The smallest absolute Gasteiger partial charge is 0.251 e. The number of benzene rings is 2. The first kappa shape index (κ1) is 21.1. The zero-order chi connectivity index (χ0) is 20.9. The summed E-state index contributed by atoms with van der Waals surface area (Å²) in [5.74, 6) is -1.73. The largest absolute Gasteiger partial charge is 0.545 e. The van der Waals surface area contributed by atoms with Crippen LogP contribution in [0.3, 0.4) is 0 Å². The van der Waals surface area contributed by atoms with Gasteiger partial charge in [-0.1, -0.05) is 48.5 Å². The maximum Gasteiger partial charge on any atom is 0.251 e. The summed E-state index contributed by atoms with van der Waals surface area (Å²) in [6, 6.07) is 16.5. The molecular weight excluding hydrogens is 366 g/mol. The molecule has 1 N–H and O–H groups in total. The van der Waals surface area contributed by atoms with E-state index in [4.69, 9.17) is 4.74 Å². The SMILES string of the molecule is CC1(C)C[C@](CCNC(=O)c2ccccc2C(=O)[O-])(Cc2ccccc2)CCO1. The van der Waals surface area contributed by atoms with Gasteiger partial charge in [-0.2, -0.15) is 0 Å². The van der Waals surface area contributed by atoms with Crippen LogP contribution in [0.25, 0.3) is 0 Å². The van der Waals surface area contributed by atoms with Gasteiger partial charge in [0, 0.05) is 24.3 Å². The van der Waals surface area contributed by atoms with Gasteiger partial charge in [0.25, 0.3) is 5.91 Å². The Hall–Kier alpha value is -2.66. The lowest BCUT2D eigenvalue weighted by Gasteiger charge is -2.45. The summed E-state index contributed by atoms with van der Waals surface area (Å²) in [5, 5.41) is 14.2. The normalized spacial score (nSPS) is 20.8. The molecule has 0 aromatic heterocycles. The molecular formula is C24H28NO4-. The van der Waals surface area contributed by atoms with Crippen molar-refractivity contribution in [1.29, 1.82) is 0 Å². The van der Waals surface area contributed by atoms with Crippen LogP contribution in [0.2, 0.25) is 0 Å². The Kier molecular flexibility index (Phi) is 6.38. The Morgan fingerprint density at radius 1 is 1.03 bits per heavy atom. The van der Waals surface area contributed by atoms with Crippen LogP contribution < -0.4 is 10.4 Å². The minimum atomic E-state index is -1.34. The number of carboxylic acid groups (broad SMARTS) is 1. The second-order valence-electron chi connectivity index (χ2n) is 8.54. The Balaban J connectivity index is 1.71. The van der Waals surface area contributed by atoms with Gasteiger partial charge < -0.3 is 20.0 Å². The number of carbonyl (C=O) groups excluding carboxylic acids is 2. The van der Waals surface area contributed by atoms with Gasteiger partial charge in [-0.3, -0.25) is 4.79 Å². The highest BCUT2D eigenvalue weighted by atomic mass is 16.5. The molecule has 0 unspecified atom stereocenters. The van der Waals surface area contributed by atoms with Gasteiger partial charge in [0.05, 0.1) is 11.6 Å². The van der Waals surface area contributed by atoms with Crippen LogP contribution in [-0.2, 0) is 11.2 Å². The molecule has 1 fully saturated rings. The topological polar surface area (TPSA) is 78.5 Å². The van der Waals surface area contributed by atoms with Gasteiger partial charge in [-0.15, -0.1) is 0 Å². The van der Waals surface area contributed by atoms with E-state index in [1.54, 1.807) is 12.1 Å². The molecule has 3 rings (SSSR count). The van der Waals surface area contributed by atoms with E-state index in [0.717, 1.165) is 25.7 Å².